The van der Waals surface area contributed by atoms with Crippen LogP contribution in [0.3, 0.4) is 0 Å². The van der Waals surface area contributed by atoms with Crippen molar-refractivity contribution < 1.29 is 4.39 Å². The van der Waals surface area contributed by atoms with E-state index in [1.807, 2.05) is 12.1 Å². The van der Waals surface area contributed by atoms with Crippen molar-refractivity contribution >= 4 is 22.9 Å². The Morgan fingerprint density at radius 3 is 2.92 bits per heavy atom. The maximum atomic E-state index is 11.7. The number of halogens is 2. The average Bonchev–Trinajstić information content (AvgIpc) is 2.45. The first-order valence-corrected chi connectivity index (χ1v) is 5.03. The summed E-state index contributed by atoms with van der Waals surface area (Å²) in [6.45, 7) is 1.27. The minimum absolute atomic E-state index is 0.252. The van der Waals surface area contributed by atoms with Gasteiger partial charge in [-0.1, -0.05) is 11.6 Å². The fraction of sp³-hybridized carbons (Fsp3) is 0.500. The van der Waals surface area contributed by atoms with Gasteiger partial charge >= 0.3 is 0 Å². The van der Waals surface area contributed by atoms with E-state index in [0.29, 0.717) is 6.42 Å². The molecule has 0 amide bonds. The molecule has 1 heterocycles. The van der Waals surface area contributed by atoms with Gasteiger partial charge in [-0.2, -0.15) is 0 Å². The number of nitrogens with one attached hydrogen (secondary N) is 1. The van der Waals surface area contributed by atoms with Gasteiger partial charge in [0.25, 0.3) is 0 Å². The second-order valence-electron chi connectivity index (χ2n) is 2.43. The number of hydrogen-bond donors (Lipinski definition) is 1. The molecule has 1 aromatic heterocycles. The van der Waals surface area contributed by atoms with Crippen molar-refractivity contribution in [1.82, 2.24) is 5.32 Å². The summed E-state index contributed by atoms with van der Waals surface area (Å²) >= 11 is 7.29. The van der Waals surface area contributed by atoms with Gasteiger partial charge in [0.05, 0.1) is 11.0 Å². The lowest BCUT2D eigenvalue weighted by Gasteiger charge is -1.98. The molecule has 0 atom stereocenters. The molecule has 1 aromatic rings. The van der Waals surface area contributed by atoms with Gasteiger partial charge in [0.1, 0.15) is 0 Å². The molecule has 0 unspecified atom stereocenters. The first-order valence-electron chi connectivity index (χ1n) is 3.84. The summed E-state index contributed by atoms with van der Waals surface area (Å²) in [5.41, 5.74) is 0. The van der Waals surface area contributed by atoms with Gasteiger partial charge in [0.2, 0.25) is 0 Å². The van der Waals surface area contributed by atoms with Crippen LogP contribution in [0.5, 0.6) is 0 Å². The lowest BCUT2D eigenvalue weighted by atomic mass is 10.4. The molecule has 1 rings (SSSR count). The molecular weight excluding hydrogens is 197 g/mol. The molecule has 0 saturated heterocycles. The summed E-state index contributed by atoms with van der Waals surface area (Å²) in [5.74, 6) is 0. The maximum absolute atomic E-state index is 11.7. The number of thiophene rings is 1. The summed E-state index contributed by atoms with van der Waals surface area (Å²) in [7, 11) is 0. The molecule has 4 heteroatoms. The van der Waals surface area contributed by atoms with Gasteiger partial charge in [-0.15, -0.1) is 11.3 Å². The Kier molecular flexibility index (Phi) is 4.58. The molecule has 1 N–H and O–H groups in total. The van der Waals surface area contributed by atoms with Crippen molar-refractivity contribution in [2.75, 3.05) is 13.2 Å². The minimum Gasteiger partial charge on any atom is -0.312 e. The van der Waals surface area contributed by atoms with Crippen LogP contribution in [0.15, 0.2) is 12.1 Å². The fourth-order valence-corrected chi connectivity index (χ4v) is 1.91. The Bertz CT molecular complexity index is 227. The van der Waals surface area contributed by atoms with Crippen molar-refractivity contribution in [3.05, 3.63) is 21.3 Å². The van der Waals surface area contributed by atoms with E-state index in [1.54, 1.807) is 11.3 Å². The highest BCUT2D eigenvalue weighted by molar-refractivity contribution is 7.16. The molecule has 0 aromatic carbocycles. The highest BCUT2D eigenvalue weighted by Crippen LogP contribution is 2.20. The second kappa shape index (κ2) is 5.51. The highest BCUT2D eigenvalue weighted by Gasteiger charge is 1.96. The van der Waals surface area contributed by atoms with Crippen molar-refractivity contribution in [2.45, 2.75) is 13.0 Å². The van der Waals surface area contributed by atoms with Gasteiger partial charge < -0.3 is 5.32 Å². The third kappa shape index (κ3) is 3.52. The molecule has 0 aliphatic rings. The van der Waals surface area contributed by atoms with Gasteiger partial charge in [-0.05, 0) is 25.1 Å². The van der Waals surface area contributed by atoms with Crippen molar-refractivity contribution in [2.24, 2.45) is 0 Å². The Labute approximate surface area is 80.6 Å². The van der Waals surface area contributed by atoms with E-state index in [0.717, 1.165) is 17.4 Å². The van der Waals surface area contributed by atoms with E-state index in [9.17, 15) is 4.39 Å². The van der Waals surface area contributed by atoms with Gasteiger partial charge in [0, 0.05) is 11.4 Å². The summed E-state index contributed by atoms with van der Waals surface area (Å²) in [4.78, 5) is 1.19. The molecule has 0 fully saturated rings. The first kappa shape index (κ1) is 9.96. The Balaban J connectivity index is 2.15. The van der Waals surface area contributed by atoms with Crippen LogP contribution in [0, 0.1) is 0 Å². The number of rotatable bonds is 5. The zero-order valence-corrected chi connectivity index (χ0v) is 8.22. The van der Waals surface area contributed by atoms with Crippen molar-refractivity contribution in [1.29, 1.82) is 0 Å². The molecule has 0 spiro atoms. The molecule has 0 aliphatic carbocycles. The summed E-state index contributed by atoms with van der Waals surface area (Å²) < 4.78 is 12.5. The lowest BCUT2D eigenvalue weighted by Crippen LogP contribution is -2.14. The summed E-state index contributed by atoms with van der Waals surface area (Å²) in [6, 6.07) is 3.85. The lowest BCUT2D eigenvalue weighted by molar-refractivity contribution is 0.459. The topological polar surface area (TPSA) is 12.0 Å². The largest absolute Gasteiger partial charge is 0.312 e. The van der Waals surface area contributed by atoms with Crippen LogP contribution in [0.25, 0.3) is 0 Å². The minimum atomic E-state index is -0.252. The van der Waals surface area contributed by atoms with E-state index < -0.39 is 0 Å². The Hall–Kier alpha value is -0.120. The molecule has 1 nitrogen and oxygen atoms in total. The average molecular weight is 208 g/mol. The first-order chi connectivity index (χ1) is 5.83. The molecule has 0 radical (unpaired) electrons. The molecule has 68 valence electrons. The third-order valence-corrected chi connectivity index (χ3v) is 2.65. The number of alkyl halides is 1. The van der Waals surface area contributed by atoms with Crippen LogP contribution in [0.2, 0.25) is 4.34 Å². The summed E-state index contributed by atoms with van der Waals surface area (Å²) in [6.07, 6.45) is 0.582. The van der Waals surface area contributed by atoms with E-state index in [2.05, 4.69) is 5.32 Å². The molecular formula is C8H11ClFNS. The molecule has 0 bridgehead atoms. The van der Waals surface area contributed by atoms with E-state index in [1.165, 1.54) is 4.88 Å². The predicted molar refractivity (Wildman–Crippen MR) is 51.6 cm³/mol. The van der Waals surface area contributed by atoms with Crippen LogP contribution in [-0.2, 0) is 6.54 Å². The highest BCUT2D eigenvalue weighted by atomic mass is 35.5. The zero-order valence-electron chi connectivity index (χ0n) is 6.65. The zero-order chi connectivity index (χ0) is 8.81. The normalized spacial score (nSPS) is 10.5. The van der Waals surface area contributed by atoms with Gasteiger partial charge in [-0.25, -0.2) is 0 Å². The third-order valence-electron chi connectivity index (χ3n) is 1.42. The van der Waals surface area contributed by atoms with Crippen molar-refractivity contribution in [3.8, 4) is 0 Å². The SMILES string of the molecule is FCCCNCc1ccc(Cl)s1. The maximum Gasteiger partial charge on any atom is 0.0931 e. The smallest absolute Gasteiger partial charge is 0.0931 e. The quantitative estimate of drug-likeness (QED) is 0.733. The van der Waals surface area contributed by atoms with E-state index >= 15 is 0 Å². The summed E-state index contributed by atoms with van der Waals surface area (Å²) in [5, 5.41) is 3.13. The van der Waals surface area contributed by atoms with E-state index in [4.69, 9.17) is 11.6 Å². The Morgan fingerprint density at radius 1 is 1.50 bits per heavy atom. The predicted octanol–water partition coefficient (Wildman–Crippen LogP) is 2.85. The van der Waals surface area contributed by atoms with Crippen LogP contribution >= 0.6 is 22.9 Å². The second-order valence-corrected chi connectivity index (χ2v) is 4.22. The van der Waals surface area contributed by atoms with Crippen molar-refractivity contribution in [3.63, 3.8) is 0 Å². The van der Waals surface area contributed by atoms with Crippen LogP contribution in [0.1, 0.15) is 11.3 Å². The molecule has 0 aliphatic heterocycles. The van der Waals surface area contributed by atoms with Gasteiger partial charge in [-0.3, -0.25) is 4.39 Å². The van der Waals surface area contributed by atoms with Gasteiger partial charge in [0.15, 0.2) is 0 Å². The monoisotopic (exact) mass is 207 g/mol. The molecule has 0 saturated carbocycles. The van der Waals surface area contributed by atoms with Crippen LogP contribution in [-0.4, -0.2) is 13.2 Å². The van der Waals surface area contributed by atoms with E-state index in [-0.39, 0.29) is 6.67 Å². The number of hydrogen-bond acceptors (Lipinski definition) is 2. The fourth-order valence-electron chi connectivity index (χ4n) is 0.850. The van der Waals surface area contributed by atoms with Crippen LogP contribution < -0.4 is 5.32 Å². The standard InChI is InChI=1S/C8H11ClFNS/c9-8-3-2-7(12-8)6-11-5-1-4-10/h2-3,11H,1,4-6H2. The van der Waals surface area contributed by atoms with Crippen LogP contribution in [0.4, 0.5) is 4.39 Å². The molecule has 12 heavy (non-hydrogen) atoms. The Morgan fingerprint density at radius 2 is 2.33 bits per heavy atom.